The number of nitrogens with zero attached hydrogens (tertiary/aromatic N) is 3. The molecule has 0 aliphatic rings. The fourth-order valence-electron chi connectivity index (χ4n) is 2.93. The predicted molar refractivity (Wildman–Crippen MR) is 105 cm³/mol. The van der Waals surface area contributed by atoms with E-state index in [2.05, 4.69) is 41.8 Å². The molecule has 0 saturated heterocycles. The minimum Gasteiger partial charge on any atom is -0.391 e. The van der Waals surface area contributed by atoms with Crippen LogP contribution in [0.2, 0.25) is 0 Å². The van der Waals surface area contributed by atoms with Gasteiger partial charge in [0.1, 0.15) is 6.61 Å². The van der Waals surface area contributed by atoms with Gasteiger partial charge in [-0.15, -0.1) is 0 Å². The Hall–Kier alpha value is -3.41. The summed E-state index contributed by atoms with van der Waals surface area (Å²) in [5, 5.41) is 14.8. The molecule has 1 heterocycles. The van der Waals surface area contributed by atoms with E-state index in [0.29, 0.717) is 5.56 Å². The van der Waals surface area contributed by atoms with E-state index >= 15 is 0 Å². The molecule has 138 valence electrons. The average molecular weight is 363 g/mol. The Balaban J connectivity index is 1.65. The molecule has 6 heteroatoms. The maximum absolute atomic E-state index is 10.8. The summed E-state index contributed by atoms with van der Waals surface area (Å²) in [7, 11) is 0. The maximum Gasteiger partial charge on any atom is 0.269 e. The molecule has 1 aromatic heterocycles. The number of oxime groups is 1. The van der Waals surface area contributed by atoms with Crippen molar-refractivity contribution in [2.45, 2.75) is 27.0 Å². The molecule has 27 heavy (non-hydrogen) atoms. The molecular weight excluding hydrogens is 342 g/mol. The molecular formula is C21H21N3O3. The fraction of sp³-hybridized carbons (Fsp3) is 0.190. The summed E-state index contributed by atoms with van der Waals surface area (Å²) in [6.07, 6.45) is 1.68. The van der Waals surface area contributed by atoms with Gasteiger partial charge in [-0.25, -0.2) is 0 Å². The lowest BCUT2D eigenvalue weighted by Crippen LogP contribution is -2.04. The van der Waals surface area contributed by atoms with Crippen LogP contribution in [0.25, 0.3) is 0 Å². The maximum atomic E-state index is 10.8. The van der Waals surface area contributed by atoms with Crippen LogP contribution in [0.5, 0.6) is 0 Å². The molecule has 0 saturated carbocycles. The molecule has 3 rings (SSSR count). The van der Waals surface area contributed by atoms with Gasteiger partial charge in [0.25, 0.3) is 5.69 Å². The highest BCUT2D eigenvalue weighted by atomic mass is 16.6. The molecule has 0 unspecified atom stereocenters. The van der Waals surface area contributed by atoms with Crippen LogP contribution < -0.4 is 0 Å². The van der Waals surface area contributed by atoms with Gasteiger partial charge in [0, 0.05) is 35.6 Å². The summed E-state index contributed by atoms with van der Waals surface area (Å²) >= 11 is 0. The van der Waals surface area contributed by atoms with E-state index in [0.717, 1.165) is 23.5 Å². The van der Waals surface area contributed by atoms with Gasteiger partial charge in [-0.05, 0) is 31.0 Å². The Morgan fingerprint density at radius 3 is 2.56 bits per heavy atom. The van der Waals surface area contributed by atoms with Gasteiger partial charge in [0.2, 0.25) is 0 Å². The zero-order chi connectivity index (χ0) is 19.2. The Morgan fingerprint density at radius 1 is 1.07 bits per heavy atom. The first-order chi connectivity index (χ1) is 13.0. The van der Waals surface area contributed by atoms with Crippen LogP contribution in [0.4, 0.5) is 5.69 Å². The number of rotatable bonds is 7. The Kier molecular flexibility index (Phi) is 5.66. The molecule has 0 aliphatic heterocycles. The van der Waals surface area contributed by atoms with E-state index in [9.17, 15) is 10.1 Å². The molecule has 3 aromatic rings. The van der Waals surface area contributed by atoms with Crippen molar-refractivity contribution in [2.75, 3.05) is 0 Å². The number of aryl methyl sites for hydroxylation is 1. The first-order valence-corrected chi connectivity index (χ1v) is 8.64. The number of hydrogen-bond acceptors (Lipinski definition) is 4. The highest BCUT2D eigenvalue weighted by molar-refractivity contribution is 5.81. The number of hydrogen-bond donors (Lipinski definition) is 0. The van der Waals surface area contributed by atoms with E-state index in [4.69, 9.17) is 4.84 Å². The van der Waals surface area contributed by atoms with Crippen molar-refractivity contribution >= 4 is 11.9 Å². The van der Waals surface area contributed by atoms with E-state index in [1.54, 1.807) is 18.3 Å². The normalized spacial score (nSPS) is 11.0. The lowest BCUT2D eigenvalue weighted by Gasteiger charge is -2.09. The SMILES string of the molecule is Cc1cc(/C=N\OCc2cccc([N+](=O)[O-])c2)c(C)n1Cc1ccccc1. The lowest BCUT2D eigenvalue weighted by atomic mass is 10.2. The second kappa shape index (κ2) is 8.31. The molecule has 0 radical (unpaired) electrons. The van der Waals surface area contributed by atoms with Crippen LogP contribution >= 0.6 is 0 Å². The summed E-state index contributed by atoms with van der Waals surface area (Å²) in [5.41, 5.74) is 5.24. The van der Waals surface area contributed by atoms with Crippen molar-refractivity contribution in [1.82, 2.24) is 4.57 Å². The Bertz CT molecular complexity index is 962. The zero-order valence-corrected chi connectivity index (χ0v) is 15.3. The third kappa shape index (κ3) is 4.61. The zero-order valence-electron chi connectivity index (χ0n) is 15.3. The number of nitro benzene ring substituents is 1. The van der Waals surface area contributed by atoms with E-state index in [1.165, 1.54) is 17.7 Å². The van der Waals surface area contributed by atoms with Crippen LogP contribution in [-0.2, 0) is 18.0 Å². The summed E-state index contributed by atoms with van der Waals surface area (Å²) < 4.78 is 2.23. The van der Waals surface area contributed by atoms with Gasteiger partial charge in [-0.1, -0.05) is 47.6 Å². The first kappa shape index (κ1) is 18.4. The lowest BCUT2D eigenvalue weighted by molar-refractivity contribution is -0.384. The Labute approximate surface area is 157 Å². The van der Waals surface area contributed by atoms with Crippen molar-refractivity contribution in [3.8, 4) is 0 Å². The minimum atomic E-state index is -0.422. The smallest absolute Gasteiger partial charge is 0.269 e. The second-order valence-electron chi connectivity index (χ2n) is 6.33. The van der Waals surface area contributed by atoms with Crippen molar-refractivity contribution in [2.24, 2.45) is 5.16 Å². The van der Waals surface area contributed by atoms with Crippen LogP contribution in [0.15, 0.2) is 65.8 Å². The van der Waals surface area contributed by atoms with Crippen LogP contribution in [0.3, 0.4) is 0 Å². The highest BCUT2D eigenvalue weighted by Crippen LogP contribution is 2.16. The van der Waals surface area contributed by atoms with Crippen LogP contribution in [0, 0.1) is 24.0 Å². The van der Waals surface area contributed by atoms with Crippen LogP contribution in [0.1, 0.15) is 28.1 Å². The second-order valence-corrected chi connectivity index (χ2v) is 6.33. The molecule has 2 aromatic carbocycles. The molecule has 0 spiro atoms. The van der Waals surface area contributed by atoms with Crippen molar-refractivity contribution in [3.63, 3.8) is 0 Å². The van der Waals surface area contributed by atoms with Gasteiger partial charge in [-0.2, -0.15) is 0 Å². The van der Waals surface area contributed by atoms with Crippen molar-refractivity contribution in [3.05, 3.63) is 98.9 Å². The number of nitro groups is 1. The van der Waals surface area contributed by atoms with Gasteiger partial charge in [-0.3, -0.25) is 10.1 Å². The van der Waals surface area contributed by atoms with E-state index in [1.807, 2.05) is 18.2 Å². The predicted octanol–water partition coefficient (Wildman–Crippen LogP) is 4.61. The van der Waals surface area contributed by atoms with Gasteiger partial charge in [0.05, 0.1) is 11.1 Å². The molecule has 0 N–H and O–H groups in total. The standard InChI is InChI=1S/C21H21N3O3/c1-16-11-20(17(2)23(16)14-18-7-4-3-5-8-18)13-22-27-15-19-9-6-10-21(12-19)24(25)26/h3-13H,14-15H2,1-2H3/b22-13-. The monoisotopic (exact) mass is 363 g/mol. The third-order valence-electron chi connectivity index (χ3n) is 4.42. The molecule has 0 fully saturated rings. The average Bonchev–Trinajstić information content (AvgIpc) is 2.94. The van der Waals surface area contributed by atoms with Gasteiger partial charge >= 0.3 is 0 Å². The topological polar surface area (TPSA) is 69.7 Å². The summed E-state index contributed by atoms with van der Waals surface area (Å²) in [5.74, 6) is 0. The van der Waals surface area contributed by atoms with Crippen LogP contribution in [-0.4, -0.2) is 15.7 Å². The van der Waals surface area contributed by atoms with Crippen molar-refractivity contribution in [1.29, 1.82) is 0 Å². The summed E-state index contributed by atoms with van der Waals surface area (Å²) in [4.78, 5) is 15.7. The molecule has 0 atom stereocenters. The Morgan fingerprint density at radius 2 is 1.81 bits per heavy atom. The van der Waals surface area contributed by atoms with Gasteiger partial charge in [0.15, 0.2) is 0 Å². The number of non-ortho nitro benzene ring substituents is 1. The third-order valence-corrected chi connectivity index (χ3v) is 4.42. The largest absolute Gasteiger partial charge is 0.391 e. The number of aromatic nitrogens is 1. The van der Waals surface area contributed by atoms with Crippen molar-refractivity contribution < 1.29 is 9.76 Å². The molecule has 0 bridgehead atoms. The quantitative estimate of drug-likeness (QED) is 0.350. The first-order valence-electron chi connectivity index (χ1n) is 8.64. The fourth-order valence-corrected chi connectivity index (χ4v) is 2.93. The summed E-state index contributed by atoms with van der Waals surface area (Å²) in [6, 6.07) is 18.7. The minimum absolute atomic E-state index is 0.0459. The molecule has 0 aliphatic carbocycles. The van der Waals surface area contributed by atoms with E-state index < -0.39 is 4.92 Å². The molecule has 0 amide bonds. The van der Waals surface area contributed by atoms with Gasteiger partial charge < -0.3 is 9.40 Å². The number of benzene rings is 2. The summed E-state index contributed by atoms with van der Waals surface area (Å²) in [6.45, 7) is 5.11. The highest BCUT2D eigenvalue weighted by Gasteiger charge is 2.08. The van der Waals surface area contributed by atoms with E-state index in [-0.39, 0.29) is 12.3 Å². The molecule has 6 nitrogen and oxygen atoms in total.